The van der Waals surface area contributed by atoms with Gasteiger partial charge in [-0.3, -0.25) is 14.4 Å². The SMILES string of the molecule is CN1CC=C[C@H]2O[C@]34C=CCN(C(C)(C)CC(C)(C)C)C(=O)C3N(CCCO)C(=O)[C@@H]4[C@H]2C1=O. The molecule has 188 valence electrons. The number of rotatable bonds is 5. The molecule has 8 nitrogen and oxygen atoms in total. The van der Waals surface area contributed by atoms with Crippen LogP contribution in [0.15, 0.2) is 24.3 Å². The van der Waals surface area contributed by atoms with Crippen LogP contribution in [0.1, 0.15) is 47.5 Å². The molecule has 0 aromatic heterocycles. The summed E-state index contributed by atoms with van der Waals surface area (Å²) in [5.41, 5.74) is -1.65. The number of hydrogen-bond donors (Lipinski definition) is 1. The zero-order chi connectivity index (χ0) is 25.1. The summed E-state index contributed by atoms with van der Waals surface area (Å²) in [7, 11) is 1.73. The molecule has 5 atom stereocenters. The number of likely N-dealkylation sites (N-methyl/N-ethyl adjacent to an activating group) is 1. The molecular weight excluding hydrogens is 434 g/mol. The molecule has 34 heavy (non-hydrogen) atoms. The molecule has 2 saturated heterocycles. The van der Waals surface area contributed by atoms with Gasteiger partial charge in [-0.15, -0.1) is 0 Å². The minimum Gasteiger partial charge on any atom is -0.396 e. The van der Waals surface area contributed by atoms with Crippen molar-refractivity contribution < 1.29 is 24.2 Å². The van der Waals surface area contributed by atoms with Crippen LogP contribution in [-0.4, -0.2) is 94.1 Å². The summed E-state index contributed by atoms with van der Waals surface area (Å²) >= 11 is 0. The number of aliphatic hydroxyl groups excluding tert-OH is 1. The van der Waals surface area contributed by atoms with Gasteiger partial charge in [0.05, 0.1) is 17.9 Å². The van der Waals surface area contributed by atoms with Gasteiger partial charge in [-0.25, -0.2) is 0 Å². The fourth-order valence-electron chi connectivity index (χ4n) is 6.68. The number of likely N-dealkylation sites (tertiary alicyclic amines) is 1. The lowest BCUT2D eigenvalue weighted by Gasteiger charge is -2.44. The Morgan fingerprint density at radius 1 is 1.06 bits per heavy atom. The fourth-order valence-corrected chi connectivity index (χ4v) is 6.68. The van der Waals surface area contributed by atoms with Gasteiger partial charge in [0.25, 0.3) is 0 Å². The first-order valence-corrected chi connectivity index (χ1v) is 12.3. The number of amides is 3. The van der Waals surface area contributed by atoms with Crippen LogP contribution < -0.4 is 0 Å². The summed E-state index contributed by atoms with van der Waals surface area (Å²) < 4.78 is 6.58. The quantitative estimate of drug-likeness (QED) is 0.613. The van der Waals surface area contributed by atoms with Crippen molar-refractivity contribution >= 4 is 17.7 Å². The highest BCUT2D eigenvalue weighted by atomic mass is 16.5. The average molecular weight is 474 g/mol. The lowest BCUT2D eigenvalue weighted by Crippen LogP contribution is -2.60. The maximum Gasteiger partial charge on any atom is 0.249 e. The molecule has 4 heterocycles. The molecule has 4 aliphatic heterocycles. The number of nitrogens with zero attached hydrogens (tertiary/aromatic N) is 3. The van der Waals surface area contributed by atoms with Crippen molar-refractivity contribution in [1.82, 2.24) is 14.7 Å². The van der Waals surface area contributed by atoms with Crippen molar-refractivity contribution in [1.29, 1.82) is 0 Å². The van der Waals surface area contributed by atoms with E-state index in [1.54, 1.807) is 16.8 Å². The number of aliphatic hydroxyl groups is 1. The smallest absolute Gasteiger partial charge is 0.249 e. The van der Waals surface area contributed by atoms with Crippen LogP contribution >= 0.6 is 0 Å². The molecule has 0 aromatic carbocycles. The standard InChI is InChI=1S/C26H39N3O5/c1-24(2,3)16-25(4,5)29-14-8-11-26-19(18-17(34-26)10-7-12-27(6)21(18)31)22(32)28(13-9-15-30)20(26)23(29)33/h7-8,10-11,17-20,30H,9,12-16H2,1-6H3/t17-,18+,19+,20?,26+/m1/s1. The van der Waals surface area contributed by atoms with Crippen molar-refractivity contribution in [2.45, 2.75) is 70.7 Å². The molecule has 1 N–H and O–H groups in total. The lowest BCUT2D eigenvalue weighted by molar-refractivity contribution is -0.152. The molecule has 4 rings (SSSR count). The van der Waals surface area contributed by atoms with E-state index in [1.807, 2.05) is 29.2 Å². The molecule has 8 heteroatoms. The van der Waals surface area contributed by atoms with Gasteiger partial charge in [0.15, 0.2) is 0 Å². The Hall–Kier alpha value is -2.19. The van der Waals surface area contributed by atoms with Crippen LogP contribution in [0.3, 0.4) is 0 Å². The minimum atomic E-state index is -1.20. The van der Waals surface area contributed by atoms with Gasteiger partial charge in [0, 0.05) is 38.8 Å². The Morgan fingerprint density at radius 3 is 2.41 bits per heavy atom. The highest BCUT2D eigenvalue weighted by molar-refractivity contribution is 6.00. The van der Waals surface area contributed by atoms with Crippen LogP contribution in [0.2, 0.25) is 0 Å². The summed E-state index contributed by atoms with van der Waals surface area (Å²) in [6, 6.07) is -0.868. The third-order valence-electron chi connectivity index (χ3n) is 7.61. The van der Waals surface area contributed by atoms with Crippen molar-refractivity contribution in [2.24, 2.45) is 17.3 Å². The van der Waals surface area contributed by atoms with Crippen molar-refractivity contribution in [2.75, 3.05) is 33.3 Å². The van der Waals surface area contributed by atoms with Crippen LogP contribution in [0.25, 0.3) is 0 Å². The van der Waals surface area contributed by atoms with Gasteiger partial charge in [0.2, 0.25) is 17.7 Å². The van der Waals surface area contributed by atoms with Crippen molar-refractivity contribution in [3.63, 3.8) is 0 Å². The molecule has 0 radical (unpaired) electrons. The van der Waals surface area contributed by atoms with Crippen molar-refractivity contribution in [3.05, 3.63) is 24.3 Å². The molecule has 1 unspecified atom stereocenters. The summed E-state index contributed by atoms with van der Waals surface area (Å²) in [5, 5.41) is 9.49. The zero-order valence-corrected chi connectivity index (χ0v) is 21.3. The normalized spacial score (nSPS) is 33.7. The number of carbonyl (C=O) groups is 3. The average Bonchev–Trinajstić information content (AvgIpc) is 3.03. The Balaban J connectivity index is 1.80. The Bertz CT molecular complexity index is 920. The molecule has 3 amide bonds. The van der Waals surface area contributed by atoms with Gasteiger partial charge in [0.1, 0.15) is 11.6 Å². The number of carbonyl (C=O) groups excluding carboxylic acids is 3. The van der Waals surface area contributed by atoms with Crippen LogP contribution in [0, 0.1) is 17.3 Å². The second kappa shape index (κ2) is 8.48. The topological polar surface area (TPSA) is 90.4 Å². The molecule has 0 aromatic rings. The second-order valence-electron chi connectivity index (χ2n) is 12.0. The Morgan fingerprint density at radius 2 is 1.76 bits per heavy atom. The van der Waals surface area contributed by atoms with E-state index in [0.717, 1.165) is 6.42 Å². The summed E-state index contributed by atoms with van der Waals surface area (Å²) in [5.74, 6) is -1.98. The molecule has 1 spiro atoms. The molecule has 4 aliphatic rings. The summed E-state index contributed by atoms with van der Waals surface area (Å²) in [6.45, 7) is 11.6. The largest absolute Gasteiger partial charge is 0.396 e. The van der Waals surface area contributed by atoms with Gasteiger partial charge in [-0.1, -0.05) is 45.1 Å². The van der Waals surface area contributed by atoms with E-state index in [9.17, 15) is 19.5 Å². The van der Waals surface area contributed by atoms with E-state index in [4.69, 9.17) is 4.74 Å². The van der Waals surface area contributed by atoms with Gasteiger partial charge < -0.3 is 24.5 Å². The van der Waals surface area contributed by atoms with E-state index in [-0.39, 0.29) is 36.3 Å². The Labute approximate surface area is 202 Å². The first kappa shape index (κ1) is 24.9. The summed E-state index contributed by atoms with van der Waals surface area (Å²) in [6.07, 6.45) is 8.15. The van der Waals surface area contributed by atoms with Gasteiger partial charge in [-0.05, 0) is 32.1 Å². The highest BCUT2D eigenvalue weighted by Crippen LogP contribution is 2.53. The predicted octanol–water partition coefficient (Wildman–Crippen LogP) is 1.59. The van der Waals surface area contributed by atoms with Gasteiger partial charge >= 0.3 is 0 Å². The predicted molar refractivity (Wildman–Crippen MR) is 128 cm³/mol. The monoisotopic (exact) mass is 473 g/mol. The highest BCUT2D eigenvalue weighted by Gasteiger charge is 2.72. The summed E-state index contributed by atoms with van der Waals surface area (Å²) in [4.78, 5) is 46.5. The number of fused-ring (bicyclic) bond motifs is 2. The zero-order valence-electron chi connectivity index (χ0n) is 21.3. The maximum atomic E-state index is 14.3. The van der Waals surface area contributed by atoms with E-state index < -0.39 is 35.1 Å². The van der Waals surface area contributed by atoms with Crippen LogP contribution in [-0.2, 0) is 19.1 Å². The minimum absolute atomic E-state index is 0.000934. The molecular formula is C26H39N3O5. The number of hydrogen-bond acceptors (Lipinski definition) is 5. The first-order valence-electron chi connectivity index (χ1n) is 12.3. The fraction of sp³-hybridized carbons (Fsp3) is 0.731. The molecule has 0 bridgehead atoms. The van der Waals surface area contributed by atoms with Gasteiger partial charge in [-0.2, -0.15) is 0 Å². The first-order chi connectivity index (χ1) is 15.8. The maximum absolute atomic E-state index is 14.3. The second-order valence-corrected chi connectivity index (χ2v) is 12.0. The van der Waals surface area contributed by atoms with Crippen LogP contribution in [0.5, 0.6) is 0 Å². The van der Waals surface area contributed by atoms with Crippen molar-refractivity contribution in [3.8, 4) is 0 Å². The lowest BCUT2D eigenvalue weighted by atomic mass is 9.77. The van der Waals surface area contributed by atoms with E-state index in [1.165, 1.54) is 0 Å². The number of ether oxygens (including phenoxy) is 1. The molecule has 2 fully saturated rings. The third-order valence-corrected chi connectivity index (χ3v) is 7.61. The van der Waals surface area contributed by atoms with E-state index in [0.29, 0.717) is 19.5 Å². The van der Waals surface area contributed by atoms with E-state index in [2.05, 4.69) is 34.6 Å². The van der Waals surface area contributed by atoms with E-state index >= 15 is 0 Å². The Kier molecular flexibility index (Phi) is 6.22. The van der Waals surface area contributed by atoms with Crippen LogP contribution in [0.4, 0.5) is 0 Å². The molecule has 0 saturated carbocycles. The molecule has 0 aliphatic carbocycles. The third kappa shape index (κ3) is 3.88.